The second kappa shape index (κ2) is 8.34. The number of carbonyl (C=O) groups is 2. The standard InChI is InChI=1S/C18H18N4O6S2/c1-3-28-18(25)15-10(2)14-16(29-15)20-9-22(17(14)24)8-13(23)21-11-4-6-12(7-5-11)30(19,26)27/h4-7,9H,3,8H2,1-2H3,(H,21,23)(H2,19,26,27). The molecule has 1 aromatic carbocycles. The van der Waals surface area contributed by atoms with E-state index < -0.39 is 27.5 Å². The second-order valence-electron chi connectivity index (χ2n) is 6.25. The van der Waals surface area contributed by atoms with Crippen LogP contribution in [0.5, 0.6) is 0 Å². The summed E-state index contributed by atoms with van der Waals surface area (Å²) in [5.74, 6) is -1.04. The van der Waals surface area contributed by atoms with Gasteiger partial charge in [0.2, 0.25) is 15.9 Å². The molecule has 30 heavy (non-hydrogen) atoms. The number of thiophene rings is 1. The van der Waals surface area contributed by atoms with Gasteiger partial charge in [-0.05, 0) is 43.7 Å². The Balaban J connectivity index is 1.82. The zero-order valence-corrected chi connectivity index (χ0v) is 17.7. The quantitative estimate of drug-likeness (QED) is 0.536. The van der Waals surface area contributed by atoms with Crippen LogP contribution in [-0.2, 0) is 26.1 Å². The van der Waals surface area contributed by atoms with E-state index in [9.17, 15) is 22.8 Å². The van der Waals surface area contributed by atoms with E-state index in [4.69, 9.17) is 9.88 Å². The average Bonchev–Trinajstić information content (AvgIpc) is 3.01. The summed E-state index contributed by atoms with van der Waals surface area (Å²) >= 11 is 1.06. The molecule has 2 aromatic heterocycles. The number of fused-ring (bicyclic) bond motifs is 1. The number of hydrogen-bond acceptors (Lipinski definition) is 8. The average molecular weight is 450 g/mol. The molecular weight excluding hydrogens is 432 g/mol. The number of aromatic nitrogens is 2. The van der Waals surface area contributed by atoms with Crippen molar-refractivity contribution in [2.75, 3.05) is 11.9 Å². The number of nitrogens with two attached hydrogens (primary N) is 1. The summed E-state index contributed by atoms with van der Waals surface area (Å²) in [6.07, 6.45) is 1.24. The number of ether oxygens (including phenoxy) is 1. The Kier molecular flexibility index (Phi) is 6.01. The molecule has 3 aromatic rings. The number of carbonyl (C=O) groups excluding carboxylic acids is 2. The molecule has 0 aliphatic carbocycles. The summed E-state index contributed by atoms with van der Waals surface area (Å²) in [5.41, 5.74) is 0.342. The molecule has 12 heteroatoms. The van der Waals surface area contributed by atoms with E-state index in [0.717, 1.165) is 15.9 Å². The maximum Gasteiger partial charge on any atom is 0.348 e. The van der Waals surface area contributed by atoms with Gasteiger partial charge in [0.1, 0.15) is 16.3 Å². The van der Waals surface area contributed by atoms with Crippen LogP contribution in [0.15, 0.2) is 40.3 Å². The lowest BCUT2D eigenvalue weighted by atomic mass is 10.2. The Labute approximate surface area is 175 Å². The van der Waals surface area contributed by atoms with E-state index >= 15 is 0 Å². The first-order valence-corrected chi connectivity index (χ1v) is 11.1. The Hall–Kier alpha value is -3.09. The smallest absolute Gasteiger partial charge is 0.348 e. The van der Waals surface area contributed by atoms with Gasteiger partial charge in [-0.3, -0.25) is 14.2 Å². The molecule has 0 bridgehead atoms. The van der Waals surface area contributed by atoms with Gasteiger partial charge in [-0.25, -0.2) is 23.3 Å². The van der Waals surface area contributed by atoms with Gasteiger partial charge in [-0.2, -0.15) is 0 Å². The van der Waals surface area contributed by atoms with E-state index in [0.29, 0.717) is 21.0 Å². The van der Waals surface area contributed by atoms with Crippen LogP contribution >= 0.6 is 11.3 Å². The van der Waals surface area contributed by atoms with Crippen molar-refractivity contribution in [1.82, 2.24) is 9.55 Å². The van der Waals surface area contributed by atoms with Crippen molar-refractivity contribution >= 4 is 49.1 Å². The number of amides is 1. The molecule has 0 fully saturated rings. The van der Waals surface area contributed by atoms with Gasteiger partial charge in [0.25, 0.3) is 5.56 Å². The molecule has 3 N–H and O–H groups in total. The van der Waals surface area contributed by atoms with Crippen molar-refractivity contribution < 1.29 is 22.7 Å². The molecule has 0 atom stereocenters. The number of anilines is 1. The molecule has 0 saturated carbocycles. The highest BCUT2D eigenvalue weighted by Crippen LogP contribution is 2.27. The zero-order valence-electron chi connectivity index (χ0n) is 16.0. The summed E-state index contributed by atoms with van der Waals surface area (Å²) in [5, 5.41) is 7.86. The lowest BCUT2D eigenvalue weighted by Crippen LogP contribution is -2.28. The molecule has 0 spiro atoms. The number of nitrogens with one attached hydrogen (secondary N) is 1. The fourth-order valence-electron chi connectivity index (χ4n) is 2.75. The number of nitrogens with zero attached hydrogens (tertiary/aromatic N) is 2. The van der Waals surface area contributed by atoms with Crippen molar-refractivity contribution in [1.29, 1.82) is 0 Å². The Bertz CT molecular complexity index is 1290. The molecule has 3 rings (SSSR count). The highest BCUT2D eigenvalue weighted by molar-refractivity contribution is 7.89. The van der Waals surface area contributed by atoms with Crippen molar-refractivity contribution in [3.05, 3.63) is 51.4 Å². The third-order valence-electron chi connectivity index (χ3n) is 4.16. The number of rotatable bonds is 6. The number of primary sulfonamides is 1. The molecule has 0 aliphatic heterocycles. The molecule has 0 unspecified atom stereocenters. The highest BCUT2D eigenvalue weighted by Gasteiger charge is 2.20. The normalized spacial score (nSPS) is 11.4. The second-order valence-corrected chi connectivity index (χ2v) is 8.81. The summed E-state index contributed by atoms with van der Waals surface area (Å²) in [6, 6.07) is 5.29. The fraction of sp³-hybridized carbons (Fsp3) is 0.222. The predicted molar refractivity (Wildman–Crippen MR) is 111 cm³/mol. The largest absolute Gasteiger partial charge is 0.462 e. The van der Waals surface area contributed by atoms with Gasteiger partial charge < -0.3 is 10.1 Å². The van der Waals surface area contributed by atoms with Gasteiger partial charge in [0.15, 0.2) is 0 Å². The molecule has 158 valence electrons. The van der Waals surface area contributed by atoms with E-state index in [2.05, 4.69) is 10.3 Å². The molecule has 0 saturated heterocycles. The lowest BCUT2D eigenvalue weighted by Gasteiger charge is -2.08. The zero-order chi connectivity index (χ0) is 22.1. The fourth-order valence-corrected chi connectivity index (χ4v) is 4.29. The van der Waals surface area contributed by atoms with Crippen LogP contribution < -0.4 is 16.0 Å². The van der Waals surface area contributed by atoms with E-state index in [1.165, 1.54) is 30.6 Å². The Morgan fingerprint density at radius 2 is 1.93 bits per heavy atom. The molecule has 0 radical (unpaired) electrons. The van der Waals surface area contributed by atoms with Crippen LogP contribution in [0.2, 0.25) is 0 Å². The number of benzene rings is 1. The first kappa shape index (κ1) is 21.6. The topological polar surface area (TPSA) is 150 Å². The summed E-state index contributed by atoms with van der Waals surface area (Å²) in [4.78, 5) is 41.9. The highest BCUT2D eigenvalue weighted by atomic mass is 32.2. The SMILES string of the molecule is CCOC(=O)c1sc2ncn(CC(=O)Nc3ccc(S(N)(=O)=O)cc3)c(=O)c2c1C. The van der Waals surface area contributed by atoms with Crippen molar-refractivity contribution in [3.63, 3.8) is 0 Å². The van der Waals surface area contributed by atoms with Gasteiger partial charge in [-0.15, -0.1) is 11.3 Å². The Morgan fingerprint density at radius 1 is 1.27 bits per heavy atom. The van der Waals surface area contributed by atoms with Gasteiger partial charge in [0, 0.05) is 5.69 Å². The van der Waals surface area contributed by atoms with E-state index in [1.54, 1.807) is 13.8 Å². The molecule has 1 amide bonds. The maximum atomic E-state index is 12.8. The van der Waals surface area contributed by atoms with Gasteiger partial charge >= 0.3 is 5.97 Å². The molecular formula is C18H18N4O6S2. The number of sulfonamides is 1. The Morgan fingerprint density at radius 3 is 2.53 bits per heavy atom. The van der Waals surface area contributed by atoms with Gasteiger partial charge in [-0.1, -0.05) is 0 Å². The summed E-state index contributed by atoms with van der Waals surface area (Å²) in [7, 11) is -3.83. The summed E-state index contributed by atoms with van der Waals surface area (Å²) in [6.45, 7) is 3.21. The molecule has 10 nitrogen and oxygen atoms in total. The van der Waals surface area contributed by atoms with Crippen LogP contribution in [-0.4, -0.2) is 36.5 Å². The van der Waals surface area contributed by atoms with Gasteiger partial charge in [0.05, 0.1) is 23.2 Å². The van der Waals surface area contributed by atoms with Crippen molar-refractivity contribution in [3.8, 4) is 0 Å². The minimum atomic E-state index is -3.83. The minimum absolute atomic E-state index is 0.0864. The number of aryl methyl sites for hydroxylation is 1. The van der Waals surface area contributed by atoms with Crippen LogP contribution in [0.3, 0.4) is 0 Å². The number of esters is 1. The molecule has 0 aliphatic rings. The van der Waals surface area contributed by atoms with Crippen LogP contribution in [0, 0.1) is 6.92 Å². The minimum Gasteiger partial charge on any atom is -0.462 e. The van der Waals surface area contributed by atoms with E-state index in [1.807, 2.05) is 0 Å². The van der Waals surface area contributed by atoms with Crippen molar-refractivity contribution in [2.45, 2.75) is 25.3 Å². The van der Waals surface area contributed by atoms with E-state index in [-0.39, 0.29) is 23.4 Å². The third-order valence-corrected chi connectivity index (χ3v) is 6.27. The lowest BCUT2D eigenvalue weighted by molar-refractivity contribution is -0.116. The maximum absolute atomic E-state index is 12.8. The van der Waals surface area contributed by atoms with Crippen LogP contribution in [0.4, 0.5) is 5.69 Å². The predicted octanol–water partition coefficient (Wildman–Crippen LogP) is 1.23. The number of hydrogen-bond donors (Lipinski definition) is 2. The molecule has 2 heterocycles. The first-order valence-electron chi connectivity index (χ1n) is 8.70. The third kappa shape index (κ3) is 4.40. The summed E-state index contributed by atoms with van der Waals surface area (Å²) < 4.78 is 28.7. The monoisotopic (exact) mass is 450 g/mol. The van der Waals surface area contributed by atoms with Crippen LogP contribution in [0.1, 0.15) is 22.2 Å². The first-order chi connectivity index (χ1) is 14.1. The van der Waals surface area contributed by atoms with Crippen LogP contribution in [0.25, 0.3) is 10.2 Å². The van der Waals surface area contributed by atoms with Crippen molar-refractivity contribution in [2.24, 2.45) is 5.14 Å².